The molecule has 136 heavy (non-hydrogen) atoms. The number of aliphatic hydroxyl groups is 3. The van der Waals surface area contributed by atoms with Gasteiger partial charge in [-0.2, -0.15) is 9.59 Å². The number of amides is 5. The van der Waals surface area contributed by atoms with Crippen LogP contribution in [0.5, 0.6) is 28.7 Å². The van der Waals surface area contributed by atoms with Gasteiger partial charge in [0.05, 0.1) is 88.2 Å². The van der Waals surface area contributed by atoms with Crippen LogP contribution in [-0.4, -0.2) is 223 Å². The zero-order valence-corrected chi connectivity index (χ0v) is 82.5. The van der Waals surface area contributed by atoms with E-state index >= 15 is 0 Å². The van der Waals surface area contributed by atoms with Gasteiger partial charge >= 0.3 is 90.5 Å². The molecule has 8 atom stereocenters. The SMILES string of the molecule is C.COC(=O)C(C)C(=O)c1ccc(OC)cc1.COC(=O)C(C)C(=O)c1ccc(OC)cc1.COC(=O)CN(C(=O)OC(C)(C)C)C(=O)c1ccc(C)cc1.COC(=O)CNC(=O)c1ccc(C)cc1.COc1ccc([C@H](O)[C@@H](C)NC(C)=O)cc1.COc1ccc([C@H](O)[C@H](C)C(=O)O)cc1.COc1ccc([C@H](O)[C@H](NC(C)=O)OC=O)cc1.Cc1ccc(C(=O)Cl)cc1.O=C=O.[B].[H-].[Li+].[Na+].[OH-]. The first kappa shape index (κ1) is 134. The van der Waals surface area contributed by atoms with Crippen LogP contribution >= 0.6 is 11.6 Å². The van der Waals surface area contributed by atoms with Crippen LogP contribution in [0.4, 0.5) is 4.79 Å². The Morgan fingerprint density at radius 2 is 0.765 bits per heavy atom. The molecule has 0 bridgehead atoms. The van der Waals surface area contributed by atoms with Gasteiger partial charge in [0.2, 0.25) is 18.0 Å². The van der Waals surface area contributed by atoms with Crippen molar-refractivity contribution < 1.29 is 205 Å². The molecule has 729 valence electrons. The summed E-state index contributed by atoms with van der Waals surface area (Å²) in [6.45, 7) is 19.4. The molecule has 2 unspecified atom stereocenters. The van der Waals surface area contributed by atoms with E-state index in [2.05, 4.69) is 39.6 Å². The van der Waals surface area contributed by atoms with E-state index in [9.17, 15) is 82.4 Å². The molecular weight excluding hydrogens is 1800 g/mol. The monoisotopic (exact) mass is 1920 g/mol. The normalized spacial score (nSPS) is 11.3. The van der Waals surface area contributed by atoms with Crippen molar-refractivity contribution in [3.8, 4) is 28.7 Å². The zero-order valence-electron chi connectivity index (χ0n) is 80.7. The van der Waals surface area contributed by atoms with E-state index in [4.69, 9.17) is 54.7 Å². The second-order valence-electron chi connectivity index (χ2n) is 28.5. The smallest absolute Gasteiger partial charge is 1.00 e. The Morgan fingerprint density at radius 3 is 1.05 bits per heavy atom. The Hall–Kier alpha value is -12.9. The number of esters is 4. The number of benzene rings is 8. The minimum Gasteiger partial charge on any atom is -1.00 e. The van der Waals surface area contributed by atoms with Gasteiger partial charge in [0.15, 0.2) is 11.6 Å². The minimum absolute atomic E-state index is 0. The zero-order chi connectivity index (χ0) is 99.8. The number of aryl methyl sites for hydroxylation is 3. The van der Waals surface area contributed by atoms with E-state index in [1.165, 1.54) is 70.2 Å². The number of ether oxygens (including phenoxy) is 11. The number of halogens is 1. The standard InChI is InChI=1S/C16H21NO5.C12H15NO5.C12H17NO3.2C12H14O4.C11H13NO3.C11H14O4.C8H7ClO.CO2.CH4.B.Li.Na.H2O.H/c1-11-6-8-12(9-7-11)14(19)17(10-13(18)21-5)15(20)22-16(2,3)4;1-8(15)13-12(18-7-14)11(16)9-3-5-10(17-2)6-4-9;1-8(13-9(2)14)12(15)10-4-6-11(16-3)7-5-10;2*1-8(12(14)16-3)11(13)9-4-6-10(15-2)7-5-9;1-8-3-5-9(6-4-8)11(14)12-7-10(13)15-2;1-7(11(13)14)10(12)8-3-5-9(15-2)6-4-8;1-6-2-4-7(5-3-6)8(9)10;2-1-3;;;;;;/h6-9H,10H2,1-5H3;3-7,11-12,16H,1-2H3,(H,13,15);4-8,12,15H,1-3H3,(H,13,14);2*4-8H,1-3H3;3-6H,7H2,1-2H3,(H,12,14);3-7,10,12H,1-2H3,(H,13,14);2-5H,1H3;;1H4;;;;1H2;/q;;;;;;;;;;;2*+1;;-1/p-1/t;11-,12+;8-,12-;;;;7-,10+;;;;;;;;/m.01...0......../s1. The first-order valence-electron chi connectivity index (χ1n) is 39.5. The average Bonchev–Trinajstić information content (AvgIpc) is 0.814. The molecule has 8 aromatic carbocycles. The summed E-state index contributed by atoms with van der Waals surface area (Å²) in [7, 11) is 12.8. The Balaban J connectivity index is -0.000000280. The number of carbonyl (C=O) groups excluding carboxylic acids is 15. The molecule has 0 fully saturated rings. The number of carbonyl (C=O) groups is 14. The average molecular weight is 1920 g/mol. The Kier molecular flexibility index (Phi) is 71.4. The third kappa shape index (κ3) is 52.7. The van der Waals surface area contributed by atoms with Crippen LogP contribution in [0.2, 0.25) is 0 Å². The number of ketones is 2. The van der Waals surface area contributed by atoms with Crippen molar-refractivity contribution in [2.75, 3.05) is 77.1 Å². The molecule has 8 rings (SSSR count). The second-order valence-corrected chi connectivity index (χ2v) is 28.8. The molecule has 5 amide bonds. The largest absolute Gasteiger partial charge is 1.00 e. The third-order valence-electron chi connectivity index (χ3n) is 17.5. The van der Waals surface area contributed by atoms with Gasteiger partial charge in [0.1, 0.15) is 65.4 Å². The second kappa shape index (κ2) is 72.6. The molecule has 8 aromatic rings. The van der Waals surface area contributed by atoms with Crippen molar-refractivity contribution in [3.05, 3.63) is 255 Å². The topological polar surface area (TPSA) is 525 Å². The number of carboxylic acid groups (broad SMARTS) is 1. The number of nitrogens with zero attached hydrogens (tertiary/aromatic N) is 1. The first-order chi connectivity index (χ1) is 61.7. The van der Waals surface area contributed by atoms with Gasteiger partial charge in [-0.1, -0.05) is 96.9 Å². The number of hydrogen-bond acceptors (Lipinski definition) is 31. The van der Waals surface area contributed by atoms with E-state index in [1.54, 1.807) is 226 Å². The van der Waals surface area contributed by atoms with Crippen LogP contribution in [0.15, 0.2) is 194 Å². The summed E-state index contributed by atoms with van der Waals surface area (Å²) < 4.78 is 52.7. The van der Waals surface area contributed by atoms with Gasteiger partial charge in [-0.3, -0.25) is 62.3 Å². The van der Waals surface area contributed by atoms with Crippen molar-refractivity contribution >= 4 is 109 Å². The molecule has 0 saturated carbocycles. The van der Waals surface area contributed by atoms with Gasteiger partial charge in [0, 0.05) is 50.1 Å². The minimum atomic E-state index is -1.15. The van der Waals surface area contributed by atoms with Gasteiger partial charge < -0.3 is 95.4 Å². The molecule has 0 aliphatic carbocycles. The molecule has 0 aliphatic rings. The van der Waals surface area contributed by atoms with E-state index in [-0.39, 0.29) is 120 Å². The molecule has 0 heterocycles. The number of aliphatic carboxylic acids is 1. The number of methoxy groups -OCH3 is 9. The maximum Gasteiger partial charge on any atom is 1.00 e. The summed E-state index contributed by atoms with van der Waals surface area (Å²) in [5.41, 5.74) is 6.55. The fourth-order valence-corrected chi connectivity index (χ4v) is 10.1. The van der Waals surface area contributed by atoms with Crippen molar-refractivity contribution in [1.29, 1.82) is 0 Å². The van der Waals surface area contributed by atoms with Crippen LogP contribution < -0.4 is 88.1 Å². The van der Waals surface area contributed by atoms with Gasteiger partial charge in [-0.05, 0) is 219 Å². The third-order valence-corrected chi connectivity index (χ3v) is 17.7. The molecule has 0 aliphatic heterocycles. The van der Waals surface area contributed by atoms with E-state index in [0.29, 0.717) is 61.9 Å². The maximum atomic E-state index is 12.5. The van der Waals surface area contributed by atoms with Crippen molar-refractivity contribution in [2.24, 2.45) is 17.8 Å². The molecule has 3 radical (unpaired) electrons. The number of aliphatic hydroxyl groups excluding tert-OH is 3. The van der Waals surface area contributed by atoms with Crippen LogP contribution in [0, 0.1) is 38.5 Å². The maximum absolute atomic E-state index is 12.5. The number of carboxylic acids is 1. The Labute approximate surface area is 834 Å². The number of hydrogen-bond donors (Lipinski definition) is 7. The van der Waals surface area contributed by atoms with Gasteiger partial charge in [0.25, 0.3) is 23.5 Å². The predicted octanol–water partition coefficient (Wildman–Crippen LogP) is 5.87. The van der Waals surface area contributed by atoms with Gasteiger partial charge in [-0.25, -0.2) is 9.69 Å². The summed E-state index contributed by atoms with van der Waals surface area (Å²) in [6.07, 6.45) is -4.61. The van der Waals surface area contributed by atoms with Crippen LogP contribution in [0.25, 0.3) is 0 Å². The number of Topliss-reactive ketones (excluding diaryl/α,β-unsaturated/α-hetero) is 2. The summed E-state index contributed by atoms with van der Waals surface area (Å²) in [6, 6.07) is 54.2. The van der Waals surface area contributed by atoms with Crippen LogP contribution in [0.1, 0.15) is 175 Å². The number of imide groups is 1. The van der Waals surface area contributed by atoms with Crippen LogP contribution in [0.3, 0.4) is 0 Å². The van der Waals surface area contributed by atoms with E-state index in [0.717, 1.165) is 32.9 Å². The number of nitrogens with one attached hydrogen (secondary N) is 3. The molecule has 40 heteroatoms. The van der Waals surface area contributed by atoms with Crippen molar-refractivity contribution in [3.63, 3.8) is 0 Å². The number of rotatable bonds is 29. The van der Waals surface area contributed by atoms with Crippen LogP contribution in [-0.2, 0) is 76.4 Å². The fraction of sp³-hybridized carbons (Fsp3) is 0.344. The predicted molar refractivity (Wildman–Crippen MR) is 494 cm³/mol. The quantitative estimate of drug-likeness (QED) is 0.00421. The van der Waals surface area contributed by atoms with Crippen molar-refractivity contribution in [1.82, 2.24) is 20.9 Å². The van der Waals surface area contributed by atoms with Crippen molar-refractivity contribution in [2.45, 2.75) is 127 Å². The molecule has 0 spiro atoms. The summed E-state index contributed by atoms with van der Waals surface area (Å²) >= 11 is 5.22. The fourth-order valence-electron chi connectivity index (χ4n) is 10.0. The summed E-state index contributed by atoms with van der Waals surface area (Å²) in [5.74, 6) is -4.18. The van der Waals surface area contributed by atoms with E-state index < -0.39 is 107 Å². The van der Waals surface area contributed by atoms with Gasteiger partial charge in [-0.15, -0.1) is 0 Å². The molecule has 36 nitrogen and oxygen atoms in total. The molecule has 8 N–H and O–H groups in total. The Morgan fingerprint density at radius 1 is 0.463 bits per heavy atom. The Bertz CT molecular complexity index is 4890. The summed E-state index contributed by atoms with van der Waals surface area (Å²) in [5, 5.41) is 45.4. The molecule has 0 aromatic heterocycles. The molecular formula is C96H121BClLiN4NaO32. The first-order valence-corrected chi connectivity index (χ1v) is 39.8. The molecule has 0 saturated heterocycles. The summed E-state index contributed by atoms with van der Waals surface area (Å²) in [4.78, 5) is 175. The van der Waals surface area contributed by atoms with E-state index in [1.807, 2.05) is 45.0 Å².